The first-order valence-corrected chi connectivity index (χ1v) is 12.1. The molecule has 34 heavy (non-hydrogen) atoms. The van der Waals surface area contributed by atoms with Gasteiger partial charge in [-0.25, -0.2) is 9.18 Å². The fourth-order valence-electron chi connectivity index (χ4n) is 4.22. The molecule has 2 aromatic rings. The molecule has 1 saturated carbocycles. The number of ether oxygens (including phenoxy) is 1. The van der Waals surface area contributed by atoms with Crippen molar-refractivity contribution in [1.29, 1.82) is 0 Å². The first-order chi connectivity index (χ1) is 16.4. The number of benzene rings is 1. The number of ketones is 1. The molecule has 2 heterocycles. The normalized spacial score (nSPS) is 20.8. The van der Waals surface area contributed by atoms with E-state index in [4.69, 9.17) is 0 Å². The minimum Gasteiger partial charge on any atom is -0.468 e. The number of aromatic nitrogens is 3. The van der Waals surface area contributed by atoms with E-state index < -0.39 is 17.8 Å². The van der Waals surface area contributed by atoms with Crippen molar-refractivity contribution in [2.45, 2.75) is 44.0 Å². The second-order valence-corrected chi connectivity index (χ2v) is 9.93. The highest BCUT2D eigenvalue weighted by Crippen LogP contribution is 2.40. The minimum absolute atomic E-state index is 0.00148. The van der Waals surface area contributed by atoms with Gasteiger partial charge >= 0.3 is 5.97 Å². The standard InChI is InChI=1S/C24H27FN4O4S/c1-15(30)34-21-9-10-28(13-17(21)11-18-12-26-29(27-18)14-22(31)33-2)23(24(32)16-7-8-16)19-5-3-4-6-20(19)25/h3-6,11-12,16,21,23H,7-10,13-14H2,1-2H3/b17-11-. The molecule has 2 atom stereocenters. The van der Waals surface area contributed by atoms with Gasteiger partial charge in [-0.05, 0) is 37.0 Å². The number of esters is 1. The molecule has 0 N–H and O–H groups in total. The Morgan fingerprint density at radius 2 is 2.03 bits per heavy atom. The number of rotatable bonds is 8. The van der Waals surface area contributed by atoms with Gasteiger partial charge in [0.15, 0.2) is 17.4 Å². The topological polar surface area (TPSA) is 94.4 Å². The number of Topliss-reactive ketones (excluding diaryl/α,β-unsaturated/α-hetero) is 1. The minimum atomic E-state index is -0.671. The number of halogens is 1. The van der Waals surface area contributed by atoms with E-state index in [0.717, 1.165) is 18.4 Å². The Morgan fingerprint density at radius 1 is 1.26 bits per heavy atom. The first-order valence-electron chi connectivity index (χ1n) is 11.2. The highest BCUT2D eigenvalue weighted by molar-refractivity contribution is 8.14. The zero-order chi connectivity index (χ0) is 24.2. The van der Waals surface area contributed by atoms with Crippen LogP contribution in [0, 0.1) is 11.7 Å². The van der Waals surface area contributed by atoms with Crippen LogP contribution in [0.4, 0.5) is 4.39 Å². The van der Waals surface area contributed by atoms with Gasteiger partial charge in [0.05, 0.1) is 19.3 Å². The lowest BCUT2D eigenvalue weighted by atomic mass is 9.93. The summed E-state index contributed by atoms with van der Waals surface area (Å²) >= 11 is 1.24. The van der Waals surface area contributed by atoms with Crippen LogP contribution in [0.1, 0.15) is 43.5 Å². The zero-order valence-corrected chi connectivity index (χ0v) is 20.0. The second kappa shape index (κ2) is 10.6. The van der Waals surface area contributed by atoms with Crippen LogP contribution in [0.2, 0.25) is 0 Å². The average Bonchev–Trinajstić information content (AvgIpc) is 3.57. The number of hydrogen-bond donors (Lipinski definition) is 0. The second-order valence-electron chi connectivity index (χ2n) is 8.55. The van der Waals surface area contributed by atoms with Gasteiger partial charge in [0.2, 0.25) is 0 Å². The summed E-state index contributed by atoms with van der Waals surface area (Å²) in [6.07, 6.45) is 5.69. The highest BCUT2D eigenvalue weighted by atomic mass is 32.2. The molecule has 1 aliphatic carbocycles. The maximum absolute atomic E-state index is 14.8. The molecule has 1 aromatic carbocycles. The molecule has 2 unspecified atom stereocenters. The van der Waals surface area contributed by atoms with Crippen molar-refractivity contribution in [3.05, 3.63) is 53.1 Å². The number of carbonyl (C=O) groups excluding carboxylic acids is 3. The highest BCUT2D eigenvalue weighted by Gasteiger charge is 2.41. The van der Waals surface area contributed by atoms with Crippen LogP contribution < -0.4 is 0 Å². The molecule has 8 nitrogen and oxygen atoms in total. The SMILES string of the molecule is COC(=O)Cn1ncc(/C=C2/CN(C(C(=O)C3CC3)c3ccccc3F)CCC2SC(C)=O)n1. The third-order valence-corrected chi connectivity index (χ3v) is 7.14. The summed E-state index contributed by atoms with van der Waals surface area (Å²) in [4.78, 5) is 39.9. The summed E-state index contributed by atoms with van der Waals surface area (Å²) in [7, 11) is 1.30. The Morgan fingerprint density at radius 3 is 2.71 bits per heavy atom. The number of hydrogen-bond acceptors (Lipinski definition) is 8. The van der Waals surface area contributed by atoms with Crippen molar-refractivity contribution < 1.29 is 23.5 Å². The third-order valence-electron chi connectivity index (χ3n) is 5.99. The Kier molecular flexibility index (Phi) is 7.57. The fourth-order valence-corrected chi connectivity index (χ4v) is 5.14. The zero-order valence-electron chi connectivity index (χ0n) is 19.1. The largest absolute Gasteiger partial charge is 0.468 e. The molecule has 0 radical (unpaired) electrons. The first kappa shape index (κ1) is 24.3. The molecular weight excluding hydrogens is 459 g/mol. The van der Waals surface area contributed by atoms with Crippen LogP contribution in [-0.2, 0) is 25.7 Å². The van der Waals surface area contributed by atoms with Crippen molar-refractivity contribution in [2.75, 3.05) is 20.2 Å². The molecule has 1 aliphatic heterocycles. The van der Waals surface area contributed by atoms with Gasteiger partial charge in [0, 0.05) is 36.7 Å². The monoisotopic (exact) mass is 486 g/mol. The third kappa shape index (κ3) is 5.79. The molecule has 0 amide bonds. The van der Waals surface area contributed by atoms with Gasteiger partial charge in [-0.15, -0.1) is 0 Å². The van der Waals surface area contributed by atoms with Crippen LogP contribution in [0.3, 0.4) is 0 Å². The van der Waals surface area contributed by atoms with Gasteiger partial charge in [-0.1, -0.05) is 30.0 Å². The van der Waals surface area contributed by atoms with Crippen molar-refractivity contribution in [3.63, 3.8) is 0 Å². The molecule has 2 aliphatic rings. The van der Waals surface area contributed by atoms with E-state index in [1.165, 1.54) is 42.9 Å². The van der Waals surface area contributed by atoms with Crippen molar-refractivity contribution in [3.8, 4) is 0 Å². The lowest BCUT2D eigenvalue weighted by molar-refractivity contribution is -0.141. The number of thioether (sulfide) groups is 1. The molecule has 0 bridgehead atoms. The summed E-state index contributed by atoms with van der Waals surface area (Å²) in [6, 6.07) is 5.77. The van der Waals surface area contributed by atoms with Crippen LogP contribution in [0.15, 0.2) is 36.0 Å². The summed E-state index contributed by atoms with van der Waals surface area (Å²) in [5.41, 5.74) is 1.83. The van der Waals surface area contributed by atoms with E-state index in [2.05, 4.69) is 14.9 Å². The van der Waals surface area contributed by atoms with Crippen LogP contribution in [-0.4, -0.2) is 62.2 Å². The van der Waals surface area contributed by atoms with E-state index in [-0.39, 0.29) is 28.6 Å². The Hall–Kier alpha value is -2.85. The summed E-state index contributed by atoms with van der Waals surface area (Å²) in [6.45, 7) is 2.38. The number of carbonyl (C=O) groups is 3. The maximum Gasteiger partial charge on any atom is 0.329 e. The Bertz CT molecular complexity index is 1110. The molecule has 2 fully saturated rings. The van der Waals surface area contributed by atoms with E-state index in [1.54, 1.807) is 18.2 Å². The van der Waals surface area contributed by atoms with Crippen molar-refractivity contribution in [1.82, 2.24) is 19.9 Å². The summed E-state index contributed by atoms with van der Waals surface area (Å²) in [5.74, 6) is -0.835. The van der Waals surface area contributed by atoms with E-state index in [0.29, 0.717) is 30.8 Å². The fraction of sp³-hybridized carbons (Fsp3) is 0.458. The predicted octanol–water partition coefficient (Wildman–Crippen LogP) is 3.05. The number of methoxy groups -OCH3 is 1. The van der Waals surface area contributed by atoms with Gasteiger partial charge in [0.1, 0.15) is 11.5 Å². The van der Waals surface area contributed by atoms with E-state index in [1.807, 2.05) is 11.0 Å². The summed E-state index contributed by atoms with van der Waals surface area (Å²) < 4.78 is 19.4. The lowest BCUT2D eigenvalue weighted by Crippen LogP contribution is -2.43. The lowest BCUT2D eigenvalue weighted by Gasteiger charge is -2.38. The van der Waals surface area contributed by atoms with Gasteiger partial charge in [-0.3, -0.25) is 14.5 Å². The smallest absolute Gasteiger partial charge is 0.329 e. The van der Waals surface area contributed by atoms with Crippen molar-refractivity contribution in [2.24, 2.45) is 5.92 Å². The van der Waals surface area contributed by atoms with E-state index in [9.17, 15) is 18.8 Å². The van der Waals surface area contributed by atoms with Gasteiger partial charge in [-0.2, -0.15) is 15.0 Å². The Labute approximate surface area is 201 Å². The molecule has 1 aromatic heterocycles. The molecule has 1 saturated heterocycles. The van der Waals surface area contributed by atoms with E-state index >= 15 is 0 Å². The number of nitrogens with zero attached hydrogens (tertiary/aromatic N) is 4. The quantitative estimate of drug-likeness (QED) is 0.526. The van der Waals surface area contributed by atoms with Crippen molar-refractivity contribution >= 4 is 34.7 Å². The predicted molar refractivity (Wildman–Crippen MR) is 125 cm³/mol. The maximum atomic E-state index is 14.8. The van der Waals surface area contributed by atoms with Gasteiger partial charge < -0.3 is 4.74 Å². The molecule has 4 rings (SSSR count). The molecule has 180 valence electrons. The van der Waals surface area contributed by atoms with Crippen LogP contribution in [0.5, 0.6) is 0 Å². The Balaban J connectivity index is 1.63. The molecular formula is C24H27FN4O4S. The average molecular weight is 487 g/mol. The molecule has 0 spiro atoms. The number of likely N-dealkylation sites (tertiary alicyclic amines) is 1. The van der Waals surface area contributed by atoms with Crippen LogP contribution >= 0.6 is 11.8 Å². The van der Waals surface area contributed by atoms with Gasteiger partial charge in [0.25, 0.3) is 0 Å². The number of piperidine rings is 1. The summed E-state index contributed by atoms with van der Waals surface area (Å²) in [5, 5.41) is 8.32. The van der Waals surface area contributed by atoms with Crippen LogP contribution in [0.25, 0.3) is 6.08 Å². The molecule has 10 heteroatoms.